The third-order valence-corrected chi connectivity index (χ3v) is 3.06. The van der Waals surface area contributed by atoms with Crippen molar-refractivity contribution in [3.05, 3.63) is 23.3 Å². The predicted octanol–water partition coefficient (Wildman–Crippen LogP) is 2.01. The molecular weight excluding hydrogens is 254 g/mol. The number of hydrogen-bond donors (Lipinski definition) is 3. The molecule has 1 heterocycles. The van der Waals surface area contributed by atoms with Crippen LogP contribution in [-0.4, -0.2) is 20.1 Å². The van der Waals surface area contributed by atoms with Crippen LogP contribution in [0.1, 0.15) is 31.9 Å². The van der Waals surface area contributed by atoms with Crippen LogP contribution in [0.2, 0.25) is 0 Å². The Morgan fingerprint density at radius 2 is 1.55 bits per heavy atom. The molecule has 0 bridgehead atoms. The molecular formula is C14H19N5O. The van der Waals surface area contributed by atoms with E-state index in [0.717, 1.165) is 16.7 Å². The van der Waals surface area contributed by atoms with Gasteiger partial charge in [-0.15, -0.1) is 0 Å². The van der Waals surface area contributed by atoms with Crippen molar-refractivity contribution in [3.63, 3.8) is 0 Å². The van der Waals surface area contributed by atoms with Crippen molar-refractivity contribution in [1.82, 2.24) is 15.0 Å². The molecule has 2 aromatic rings. The maximum atomic E-state index is 10.1. The van der Waals surface area contributed by atoms with Crippen LogP contribution >= 0.6 is 0 Å². The molecule has 106 valence electrons. The van der Waals surface area contributed by atoms with Crippen LogP contribution in [0.15, 0.2) is 12.1 Å². The van der Waals surface area contributed by atoms with Crippen molar-refractivity contribution in [2.45, 2.75) is 33.1 Å². The molecule has 5 N–H and O–H groups in total. The quantitative estimate of drug-likeness (QED) is 0.733. The van der Waals surface area contributed by atoms with Crippen molar-refractivity contribution >= 4 is 11.9 Å². The number of phenolic OH excluding ortho intramolecular Hbond substituents is 1. The van der Waals surface area contributed by atoms with Gasteiger partial charge in [0, 0.05) is 5.56 Å². The second-order valence-electron chi connectivity index (χ2n) is 5.81. The minimum Gasteiger partial charge on any atom is -0.508 e. The standard InChI is InChI=1S/C14H19N5O/c1-7-5-10(20)9(14(2,3)4)6-8(7)11-17-12(15)19-13(16)18-11/h5-6,20H,1-4H3,(H4,15,16,17,18,19). The molecule has 0 saturated heterocycles. The lowest BCUT2D eigenvalue weighted by atomic mass is 9.84. The van der Waals surface area contributed by atoms with Gasteiger partial charge in [-0.3, -0.25) is 0 Å². The summed E-state index contributed by atoms with van der Waals surface area (Å²) in [6.07, 6.45) is 0. The highest BCUT2D eigenvalue weighted by atomic mass is 16.3. The molecule has 0 amide bonds. The zero-order valence-corrected chi connectivity index (χ0v) is 12.1. The fraction of sp³-hybridized carbons (Fsp3) is 0.357. The van der Waals surface area contributed by atoms with Gasteiger partial charge < -0.3 is 16.6 Å². The second kappa shape index (κ2) is 4.63. The summed E-state index contributed by atoms with van der Waals surface area (Å²) in [6, 6.07) is 3.57. The molecule has 0 spiro atoms. The average Bonchev–Trinajstić information content (AvgIpc) is 2.25. The van der Waals surface area contributed by atoms with Gasteiger partial charge in [-0.25, -0.2) is 0 Å². The van der Waals surface area contributed by atoms with E-state index < -0.39 is 0 Å². The fourth-order valence-corrected chi connectivity index (χ4v) is 2.06. The molecule has 1 aromatic heterocycles. The fourth-order valence-electron chi connectivity index (χ4n) is 2.06. The number of phenols is 1. The molecule has 0 aliphatic heterocycles. The topological polar surface area (TPSA) is 111 Å². The van der Waals surface area contributed by atoms with Crippen molar-refractivity contribution in [2.24, 2.45) is 0 Å². The van der Waals surface area contributed by atoms with Crippen LogP contribution in [0, 0.1) is 6.92 Å². The van der Waals surface area contributed by atoms with Gasteiger partial charge in [0.15, 0.2) is 5.82 Å². The highest BCUT2D eigenvalue weighted by Crippen LogP contribution is 2.35. The molecule has 6 heteroatoms. The number of aromatic hydroxyl groups is 1. The molecule has 0 atom stereocenters. The summed E-state index contributed by atoms with van der Waals surface area (Å²) in [6.45, 7) is 7.95. The van der Waals surface area contributed by atoms with Crippen LogP contribution in [0.25, 0.3) is 11.4 Å². The summed E-state index contributed by atoms with van der Waals surface area (Å²) in [5.41, 5.74) is 13.5. The molecule has 6 nitrogen and oxygen atoms in total. The van der Waals surface area contributed by atoms with Gasteiger partial charge >= 0.3 is 0 Å². The highest BCUT2D eigenvalue weighted by molar-refractivity contribution is 5.65. The Labute approximate surface area is 117 Å². The van der Waals surface area contributed by atoms with E-state index in [-0.39, 0.29) is 23.1 Å². The third kappa shape index (κ3) is 2.64. The minimum atomic E-state index is -0.198. The Kier molecular flexibility index (Phi) is 3.25. The lowest BCUT2D eigenvalue weighted by Crippen LogP contribution is -2.12. The predicted molar refractivity (Wildman–Crippen MR) is 79.2 cm³/mol. The normalized spacial score (nSPS) is 11.6. The SMILES string of the molecule is Cc1cc(O)c(C(C)(C)C)cc1-c1nc(N)nc(N)n1. The Hall–Kier alpha value is -2.37. The van der Waals surface area contributed by atoms with Crippen molar-refractivity contribution in [2.75, 3.05) is 11.5 Å². The molecule has 0 unspecified atom stereocenters. The first-order valence-corrected chi connectivity index (χ1v) is 6.30. The summed E-state index contributed by atoms with van der Waals surface area (Å²) in [7, 11) is 0. The third-order valence-electron chi connectivity index (χ3n) is 3.06. The number of aryl methyl sites for hydroxylation is 1. The number of anilines is 2. The summed E-state index contributed by atoms with van der Waals surface area (Å²) in [5.74, 6) is 0.835. The summed E-state index contributed by atoms with van der Waals surface area (Å²) < 4.78 is 0. The van der Waals surface area contributed by atoms with E-state index in [2.05, 4.69) is 15.0 Å². The van der Waals surface area contributed by atoms with Gasteiger partial charge in [0.2, 0.25) is 11.9 Å². The van der Waals surface area contributed by atoms with Gasteiger partial charge in [-0.2, -0.15) is 15.0 Å². The van der Waals surface area contributed by atoms with E-state index in [1.165, 1.54) is 0 Å². The largest absolute Gasteiger partial charge is 0.508 e. The van der Waals surface area contributed by atoms with Crippen LogP contribution in [0.5, 0.6) is 5.75 Å². The molecule has 1 aromatic carbocycles. The summed E-state index contributed by atoms with van der Waals surface area (Å²) >= 11 is 0. The van der Waals surface area contributed by atoms with Crippen LogP contribution in [0.4, 0.5) is 11.9 Å². The Balaban J connectivity index is 2.68. The maximum Gasteiger partial charge on any atom is 0.225 e. The van der Waals surface area contributed by atoms with Gasteiger partial charge in [0.25, 0.3) is 0 Å². The lowest BCUT2D eigenvalue weighted by molar-refractivity contribution is 0.446. The van der Waals surface area contributed by atoms with E-state index >= 15 is 0 Å². The molecule has 20 heavy (non-hydrogen) atoms. The number of nitrogens with zero attached hydrogens (tertiary/aromatic N) is 3. The molecule has 0 saturated carbocycles. The Morgan fingerprint density at radius 3 is 2.05 bits per heavy atom. The van der Waals surface area contributed by atoms with E-state index in [4.69, 9.17) is 11.5 Å². The monoisotopic (exact) mass is 273 g/mol. The number of aromatic nitrogens is 3. The van der Waals surface area contributed by atoms with E-state index in [9.17, 15) is 5.11 Å². The first-order valence-electron chi connectivity index (χ1n) is 6.30. The lowest BCUT2D eigenvalue weighted by Gasteiger charge is -2.22. The van der Waals surface area contributed by atoms with Crippen molar-refractivity contribution in [3.8, 4) is 17.1 Å². The van der Waals surface area contributed by atoms with E-state index in [0.29, 0.717) is 5.82 Å². The second-order valence-corrected chi connectivity index (χ2v) is 5.81. The number of nitrogen functional groups attached to an aromatic ring is 2. The van der Waals surface area contributed by atoms with Crippen molar-refractivity contribution < 1.29 is 5.11 Å². The van der Waals surface area contributed by atoms with E-state index in [1.54, 1.807) is 6.07 Å². The minimum absolute atomic E-state index is 0.0808. The van der Waals surface area contributed by atoms with E-state index in [1.807, 2.05) is 33.8 Å². The number of benzene rings is 1. The average molecular weight is 273 g/mol. The number of rotatable bonds is 1. The zero-order chi connectivity index (χ0) is 15.1. The van der Waals surface area contributed by atoms with Gasteiger partial charge in [-0.1, -0.05) is 20.8 Å². The molecule has 0 aliphatic carbocycles. The first-order chi connectivity index (χ1) is 9.18. The first kappa shape index (κ1) is 14.0. The maximum absolute atomic E-state index is 10.1. The Morgan fingerprint density at radius 1 is 1.00 bits per heavy atom. The van der Waals surface area contributed by atoms with Crippen LogP contribution < -0.4 is 11.5 Å². The van der Waals surface area contributed by atoms with Crippen LogP contribution in [-0.2, 0) is 5.41 Å². The summed E-state index contributed by atoms with van der Waals surface area (Å²) in [5, 5.41) is 10.1. The van der Waals surface area contributed by atoms with Gasteiger partial charge in [0.05, 0.1) is 0 Å². The molecule has 0 radical (unpaired) electrons. The number of hydrogen-bond acceptors (Lipinski definition) is 6. The highest BCUT2D eigenvalue weighted by Gasteiger charge is 2.21. The molecule has 2 rings (SSSR count). The Bertz CT molecular complexity index is 641. The summed E-state index contributed by atoms with van der Waals surface area (Å²) in [4.78, 5) is 12.0. The zero-order valence-electron chi connectivity index (χ0n) is 12.1. The van der Waals surface area contributed by atoms with Crippen molar-refractivity contribution in [1.29, 1.82) is 0 Å². The smallest absolute Gasteiger partial charge is 0.225 e. The molecule has 0 aliphatic rings. The molecule has 0 fully saturated rings. The van der Waals surface area contributed by atoms with Gasteiger partial charge in [0.1, 0.15) is 5.75 Å². The van der Waals surface area contributed by atoms with Crippen LogP contribution in [0.3, 0.4) is 0 Å². The number of nitrogens with two attached hydrogens (primary N) is 2. The van der Waals surface area contributed by atoms with Gasteiger partial charge in [-0.05, 0) is 35.6 Å².